The van der Waals surface area contributed by atoms with Crippen LogP contribution < -0.4 is 4.74 Å². The molecule has 2 aromatic carbocycles. The van der Waals surface area contributed by atoms with Gasteiger partial charge in [-0.15, -0.1) is 10.2 Å². The lowest BCUT2D eigenvalue weighted by Crippen LogP contribution is -2.04. The molecule has 4 rings (SSSR count). The van der Waals surface area contributed by atoms with Gasteiger partial charge in [0.25, 0.3) is 11.1 Å². The summed E-state index contributed by atoms with van der Waals surface area (Å²) in [5, 5.41) is 12.4. The highest BCUT2D eigenvalue weighted by Gasteiger charge is 2.18. The highest BCUT2D eigenvalue weighted by atomic mass is 32.2. The maximum Gasteiger partial charge on any atom is 0.277 e. The molecule has 4 aromatic rings. The number of hydrogen-bond donors (Lipinski definition) is 0. The summed E-state index contributed by atoms with van der Waals surface area (Å²) in [6.07, 6.45) is -0.574. The number of ether oxygens (including phenoxy) is 1. The molecule has 2 heterocycles. The molecular formula is C20H16FN3O3S. The first-order valence-corrected chi connectivity index (χ1v) is 9.56. The molecule has 0 aliphatic heterocycles. The SMILES string of the molecule is C[C@@H](Oc1ccccc1F)c1nnc(SCc2cc(-c3ccccc3)on2)o1. The number of hydrogen-bond acceptors (Lipinski definition) is 7. The van der Waals surface area contributed by atoms with Crippen molar-refractivity contribution in [2.75, 3.05) is 0 Å². The second-order valence-electron chi connectivity index (χ2n) is 5.93. The Kier molecular flexibility index (Phi) is 5.38. The molecule has 0 saturated heterocycles. The minimum atomic E-state index is -0.574. The number of halogens is 1. The molecule has 0 amide bonds. The molecule has 2 aromatic heterocycles. The zero-order valence-electron chi connectivity index (χ0n) is 14.9. The molecular weight excluding hydrogens is 381 g/mol. The maximum absolute atomic E-state index is 13.7. The lowest BCUT2D eigenvalue weighted by Gasteiger charge is -2.11. The molecule has 0 N–H and O–H groups in total. The van der Waals surface area contributed by atoms with Crippen LogP contribution in [0.4, 0.5) is 4.39 Å². The Balaban J connectivity index is 1.36. The first-order chi connectivity index (χ1) is 13.7. The van der Waals surface area contributed by atoms with Gasteiger partial charge in [-0.25, -0.2) is 4.39 Å². The normalized spacial score (nSPS) is 12.1. The summed E-state index contributed by atoms with van der Waals surface area (Å²) in [6.45, 7) is 1.72. The summed E-state index contributed by atoms with van der Waals surface area (Å²) in [5.41, 5.74) is 1.73. The van der Waals surface area contributed by atoms with Crippen LogP contribution >= 0.6 is 11.8 Å². The second kappa shape index (κ2) is 8.26. The Labute approximate surface area is 164 Å². The Bertz CT molecular complexity index is 1050. The van der Waals surface area contributed by atoms with Gasteiger partial charge in [0.15, 0.2) is 23.4 Å². The van der Waals surface area contributed by atoms with E-state index in [-0.39, 0.29) is 11.6 Å². The minimum Gasteiger partial charge on any atom is -0.478 e. The van der Waals surface area contributed by atoms with Crippen LogP contribution in [0.15, 0.2) is 74.8 Å². The van der Waals surface area contributed by atoms with Crippen LogP contribution in [0, 0.1) is 5.82 Å². The molecule has 0 saturated carbocycles. The average molecular weight is 397 g/mol. The molecule has 0 spiro atoms. The highest BCUT2D eigenvalue weighted by Crippen LogP contribution is 2.28. The van der Waals surface area contributed by atoms with Crippen LogP contribution in [0.25, 0.3) is 11.3 Å². The van der Waals surface area contributed by atoms with Crippen LogP contribution in [-0.2, 0) is 5.75 Å². The fraction of sp³-hybridized carbons (Fsp3) is 0.150. The smallest absolute Gasteiger partial charge is 0.277 e. The third kappa shape index (κ3) is 4.23. The quantitative estimate of drug-likeness (QED) is 0.392. The Hall–Kier alpha value is -3.13. The summed E-state index contributed by atoms with van der Waals surface area (Å²) in [5.74, 6) is 1.19. The van der Waals surface area contributed by atoms with Gasteiger partial charge in [-0.1, -0.05) is 59.4 Å². The van der Waals surface area contributed by atoms with E-state index in [0.29, 0.717) is 16.7 Å². The summed E-state index contributed by atoms with van der Waals surface area (Å²) < 4.78 is 30.2. The zero-order valence-corrected chi connectivity index (χ0v) is 15.7. The Morgan fingerprint density at radius 1 is 1.07 bits per heavy atom. The van der Waals surface area contributed by atoms with E-state index < -0.39 is 11.9 Å². The maximum atomic E-state index is 13.7. The van der Waals surface area contributed by atoms with Crippen molar-refractivity contribution in [2.24, 2.45) is 0 Å². The minimum absolute atomic E-state index is 0.137. The van der Waals surface area contributed by atoms with Gasteiger partial charge in [0.1, 0.15) is 0 Å². The number of aromatic nitrogens is 3. The van der Waals surface area contributed by atoms with Crippen molar-refractivity contribution in [3.63, 3.8) is 0 Å². The summed E-state index contributed by atoms with van der Waals surface area (Å²) >= 11 is 1.34. The Morgan fingerprint density at radius 3 is 2.68 bits per heavy atom. The highest BCUT2D eigenvalue weighted by molar-refractivity contribution is 7.98. The van der Waals surface area contributed by atoms with Gasteiger partial charge in [0.05, 0.1) is 5.69 Å². The van der Waals surface area contributed by atoms with E-state index >= 15 is 0 Å². The fourth-order valence-corrected chi connectivity index (χ4v) is 3.13. The predicted octanol–water partition coefficient (Wildman–Crippen LogP) is 5.30. The first-order valence-electron chi connectivity index (χ1n) is 8.57. The van der Waals surface area contributed by atoms with Gasteiger partial charge in [0, 0.05) is 17.4 Å². The summed E-state index contributed by atoms with van der Waals surface area (Å²) in [6, 6.07) is 17.8. The molecule has 0 bridgehead atoms. The van der Waals surface area contributed by atoms with Gasteiger partial charge >= 0.3 is 0 Å². The van der Waals surface area contributed by atoms with Gasteiger partial charge in [-0.2, -0.15) is 0 Å². The lowest BCUT2D eigenvalue weighted by molar-refractivity contribution is 0.174. The van der Waals surface area contributed by atoms with Crippen molar-refractivity contribution in [1.29, 1.82) is 0 Å². The first kappa shape index (κ1) is 18.2. The van der Waals surface area contributed by atoms with Gasteiger partial charge in [0.2, 0.25) is 0 Å². The standard InChI is InChI=1S/C20H16FN3O3S/c1-13(25-17-10-6-5-9-16(17)21)19-22-23-20(26-19)28-12-15-11-18(27-24-15)14-7-3-2-4-8-14/h2-11,13H,12H2,1H3/t13-/m1/s1. The zero-order chi connectivity index (χ0) is 19.3. The van der Waals surface area contributed by atoms with E-state index in [4.69, 9.17) is 13.7 Å². The molecule has 0 radical (unpaired) electrons. The van der Waals surface area contributed by atoms with Crippen LogP contribution in [0.1, 0.15) is 24.6 Å². The van der Waals surface area contributed by atoms with E-state index in [0.717, 1.165) is 11.3 Å². The molecule has 0 aliphatic rings. The molecule has 28 heavy (non-hydrogen) atoms. The summed E-state index contributed by atoms with van der Waals surface area (Å²) in [7, 11) is 0. The van der Waals surface area contributed by atoms with Crippen molar-refractivity contribution >= 4 is 11.8 Å². The topological polar surface area (TPSA) is 74.2 Å². The molecule has 8 heteroatoms. The van der Waals surface area contributed by atoms with Gasteiger partial charge in [-0.3, -0.25) is 0 Å². The average Bonchev–Trinajstić information content (AvgIpc) is 3.38. The van der Waals surface area contributed by atoms with Crippen LogP contribution in [0.3, 0.4) is 0 Å². The third-order valence-corrected chi connectivity index (χ3v) is 4.72. The molecule has 1 atom stereocenters. The third-order valence-electron chi connectivity index (χ3n) is 3.87. The summed E-state index contributed by atoms with van der Waals surface area (Å²) in [4.78, 5) is 0. The Morgan fingerprint density at radius 2 is 1.86 bits per heavy atom. The van der Waals surface area contributed by atoms with E-state index in [1.165, 1.54) is 17.8 Å². The van der Waals surface area contributed by atoms with Crippen molar-refractivity contribution in [3.05, 3.63) is 78.1 Å². The van der Waals surface area contributed by atoms with Crippen LogP contribution in [-0.4, -0.2) is 15.4 Å². The van der Waals surface area contributed by atoms with Gasteiger partial charge in [-0.05, 0) is 19.1 Å². The van der Waals surface area contributed by atoms with E-state index in [1.54, 1.807) is 25.1 Å². The molecule has 0 aliphatic carbocycles. The van der Waals surface area contributed by atoms with Crippen LogP contribution in [0.2, 0.25) is 0 Å². The number of thioether (sulfide) groups is 1. The molecule has 0 fully saturated rings. The van der Waals surface area contributed by atoms with Crippen LogP contribution in [0.5, 0.6) is 5.75 Å². The fourth-order valence-electron chi connectivity index (χ4n) is 2.48. The van der Waals surface area contributed by atoms with E-state index in [2.05, 4.69) is 15.4 Å². The monoisotopic (exact) mass is 397 g/mol. The van der Waals surface area contributed by atoms with Crippen molar-refractivity contribution < 1.29 is 18.1 Å². The number of rotatable bonds is 7. The number of nitrogens with zero attached hydrogens (tertiary/aromatic N) is 3. The van der Waals surface area contributed by atoms with Crippen molar-refractivity contribution in [2.45, 2.75) is 24.0 Å². The molecule has 0 unspecified atom stereocenters. The molecule has 142 valence electrons. The predicted molar refractivity (Wildman–Crippen MR) is 101 cm³/mol. The van der Waals surface area contributed by atoms with E-state index in [1.807, 2.05) is 36.4 Å². The van der Waals surface area contributed by atoms with E-state index in [9.17, 15) is 4.39 Å². The number of benzene rings is 2. The largest absolute Gasteiger partial charge is 0.478 e. The number of para-hydroxylation sites is 1. The molecule has 6 nitrogen and oxygen atoms in total. The van der Waals surface area contributed by atoms with Crippen molar-refractivity contribution in [3.8, 4) is 17.1 Å². The second-order valence-corrected chi connectivity index (χ2v) is 6.86. The van der Waals surface area contributed by atoms with Gasteiger partial charge < -0.3 is 13.7 Å². The lowest BCUT2D eigenvalue weighted by atomic mass is 10.2. The van der Waals surface area contributed by atoms with Crippen molar-refractivity contribution in [1.82, 2.24) is 15.4 Å².